The van der Waals surface area contributed by atoms with Crippen LogP contribution in [0.3, 0.4) is 0 Å². The van der Waals surface area contributed by atoms with Crippen molar-refractivity contribution in [1.29, 1.82) is 0 Å². The van der Waals surface area contributed by atoms with Gasteiger partial charge in [-0.3, -0.25) is 0 Å². The van der Waals surface area contributed by atoms with E-state index in [9.17, 15) is 13.0 Å². The van der Waals surface area contributed by atoms with Gasteiger partial charge < -0.3 is 14.0 Å². The predicted molar refractivity (Wildman–Crippen MR) is 62.1 cm³/mol. The number of ether oxygens (including phenoxy) is 2. The summed E-state index contributed by atoms with van der Waals surface area (Å²) in [7, 11) is -4.18. The largest absolute Gasteiger partial charge is 1.00 e. The summed E-state index contributed by atoms with van der Waals surface area (Å²) in [5, 5.41) is 0. The fourth-order valence-corrected chi connectivity index (χ4v) is 1.44. The standard InChI is InChI=1S/C11H16O5S.Na/c1-10-2-4-11(5-3-10)16-7-6-15-8-9-17(12,13)14;/h2-5H,6-9H2,1H3,(H,12,13,14);/q;+1/p-1. The molecule has 1 rings (SSSR count). The van der Waals surface area contributed by atoms with Crippen LogP contribution < -0.4 is 34.3 Å². The van der Waals surface area contributed by atoms with Gasteiger partial charge in [-0.05, 0) is 19.1 Å². The van der Waals surface area contributed by atoms with Crippen molar-refractivity contribution in [2.45, 2.75) is 6.92 Å². The quantitative estimate of drug-likeness (QED) is 0.326. The van der Waals surface area contributed by atoms with Crippen LogP contribution in [0.15, 0.2) is 24.3 Å². The first-order valence-electron chi connectivity index (χ1n) is 5.18. The zero-order valence-electron chi connectivity index (χ0n) is 10.6. The second-order valence-corrected chi connectivity index (χ2v) is 5.06. The molecule has 0 amide bonds. The molecule has 0 bridgehead atoms. The van der Waals surface area contributed by atoms with Crippen molar-refractivity contribution >= 4 is 10.1 Å². The summed E-state index contributed by atoms with van der Waals surface area (Å²) in [6.07, 6.45) is 0. The predicted octanol–water partition coefficient (Wildman–Crippen LogP) is -2.06. The van der Waals surface area contributed by atoms with Gasteiger partial charge in [-0.15, -0.1) is 0 Å². The molecule has 0 aliphatic heterocycles. The molecule has 96 valence electrons. The van der Waals surface area contributed by atoms with Crippen LogP contribution >= 0.6 is 0 Å². The third kappa shape index (κ3) is 8.91. The maximum Gasteiger partial charge on any atom is 1.00 e. The number of hydrogen-bond donors (Lipinski definition) is 0. The van der Waals surface area contributed by atoms with Crippen molar-refractivity contribution in [3.8, 4) is 5.75 Å². The number of hydrogen-bond acceptors (Lipinski definition) is 5. The smallest absolute Gasteiger partial charge is 0.748 e. The zero-order valence-corrected chi connectivity index (χ0v) is 13.4. The third-order valence-electron chi connectivity index (χ3n) is 2.00. The molecular formula is C11H15NaO5S. The van der Waals surface area contributed by atoms with Gasteiger partial charge >= 0.3 is 29.6 Å². The summed E-state index contributed by atoms with van der Waals surface area (Å²) in [4.78, 5) is 0. The first kappa shape index (κ1) is 17.9. The topological polar surface area (TPSA) is 75.7 Å². The van der Waals surface area contributed by atoms with E-state index in [1.54, 1.807) is 0 Å². The number of aryl methyl sites for hydroxylation is 1. The van der Waals surface area contributed by atoms with Crippen molar-refractivity contribution in [2.75, 3.05) is 25.6 Å². The fraction of sp³-hybridized carbons (Fsp3) is 0.455. The summed E-state index contributed by atoms with van der Waals surface area (Å²) in [5.41, 5.74) is 1.15. The molecule has 1 aromatic carbocycles. The molecule has 0 spiro atoms. The Hall–Kier alpha value is -0.110. The maximum atomic E-state index is 10.3. The van der Waals surface area contributed by atoms with Crippen LogP contribution in [0.2, 0.25) is 0 Å². The summed E-state index contributed by atoms with van der Waals surface area (Å²) < 4.78 is 41.0. The molecule has 0 fully saturated rings. The second kappa shape index (κ2) is 8.90. The Morgan fingerprint density at radius 2 is 1.72 bits per heavy atom. The number of benzene rings is 1. The molecule has 7 heteroatoms. The van der Waals surface area contributed by atoms with Crippen LogP contribution in [0.25, 0.3) is 0 Å². The fourth-order valence-electron chi connectivity index (χ4n) is 1.12. The van der Waals surface area contributed by atoms with E-state index < -0.39 is 15.9 Å². The zero-order chi connectivity index (χ0) is 12.7. The Labute approximate surface area is 130 Å². The van der Waals surface area contributed by atoms with Crippen molar-refractivity contribution in [1.82, 2.24) is 0 Å². The van der Waals surface area contributed by atoms with Crippen molar-refractivity contribution in [3.05, 3.63) is 29.8 Å². The van der Waals surface area contributed by atoms with Crippen molar-refractivity contribution in [3.63, 3.8) is 0 Å². The summed E-state index contributed by atoms with van der Waals surface area (Å²) in [6, 6.07) is 7.55. The molecule has 0 atom stereocenters. The maximum absolute atomic E-state index is 10.3. The van der Waals surface area contributed by atoms with E-state index in [-0.39, 0.29) is 42.8 Å². The van der Waals surface area contributed by atoms with E-state index >= 15 is 0 Å². The normalized spacial score (nSPS) is 10.8. The molecule has 0 aromatic heterocycles. The van der Waals surface area contributed by atoms with Crippen LogP contribution in [0.5, 0.6) is 5.75 Å². The van der Waals surface area contributed by atoms with E-state index in [0.29, 0.717) is 6.61 Å². The van der Waals surface area contributed by atoms with Crippen LogP contribution in [0.1, 0.15) is 5.56 Å². The first-order chi connectivity index (χ1) is 7.97. The molecule has 0 saturated carbocycles. The Morgan fingerprint density at radius 1 is 1.11 bits per heavy atom. The minimum Gasteiger partial charge on any atom is -0.748 e. The molecule has 0 heterocycles. The van der Waals surface area contributed by atoms with Crippen LogP contribution in [-0.2, 0) is 14.9 Å². The molecule has 0 unspecified atom stereocenters. The van der Waals surface area contributed by atoms with Crippen molar-refractivity contribution < 1.29 is 52.0 Å². The van der Waals surface area contributed by atoms with Crippen LogP contribution in [0, 0.1) is 6.92 Å². The molecule has 0 radical (unpaired) electrons. The van der Waals surface area contributed by atoms with Gasteiger partial charge in [-0.1, -0.05) is 17.7 Å². The third-order valence-corrected chi connectivity index (χ3v) is 2.66. The molecular weight excluding hydrogens is 267 g/mol. The Morgan fingerprint density at radius 3 is 2.28 bits per heavy atom. The summed E-state index contributed by atoms with van der Waals surface area (Å²) >= 11 is 0. The molecule has 0 N–H and O–H groups in total. The van der Waals surface area contributed by atoms with Gasteiger partial charge in [-0.2, -0.15) is 0 Å². The average Bonchev–Trinajstić information content (AvgIpc) is 2.24. The van der Waals surface area contributed by atoms with E-state index in [1.165, 1.54) is 0 Å². The SMILES string of the molecule is Cc1ccc(OCCOCCS(=O)(=O)[O-])cc1.[Na+]. The van der Waals surface area contributed by atoms with Gasteiger partial charge in [0.2, 0.25) is 0 Å². The molecule has 0 saturated heterocycles. The van der Waals surface area contributed by atoms with Gasteiger partial charge in [0.15, 0.2) is 0 Å². The number of rotatable bonds is 7. The summed E-state index contributed by atoms with van der Waals surface area (Å²) in [6.45, 7) is 2.46. The average molecular weight is 282 g/mol. The summed E-state index contributed by atoms with van der Waals surface area (Å²) in [5.74, 6) is 0.230. The Bertz CT molecular complexity index is 429. The van der Waals surface area contributed by atoms with E-state index in [0.717, 1.165) is 11.3 Å². The van der Waals surface area contributed by atoms with Gasteiger partial charge in [0.05, 0.1) is 29.1 Å². The molecule has 0 aliphatic rings. The monoisotopic (exact) mass is 282 g/mol. The van der Waals surface area contributed by atoms with E-state index in [2.05, 4.69) is 0 Å². The molecule has 1 aromatic rings. The van der Waals surface area contributed by atoms with E-state index in [4.69, 9.17) is 9.47 Å². The van der Waals surface area contributed by atoms with Gasteiger partial charge in [0.25, 0.3) is 0 Å². The van der Waals surface area contributed by atoms with E-state index in [1.807, 2.05) is 31.2 Å². The van der Waals surface area contributed by atoms with Crippen LogP contribution in [-0.4, -0.2) is 38.5 Å². The molecule has 5 nitrogen and oxygen atoms in total. The van der Waals surface area contributed by atoms with Crippen LogP contribution in [0.4, 0.5) is 0 Å². The minimum absolute atomic E-state index is 0. The second-order valence-electron chi connectivity index (χ2n) is 3.54. The molecule has 18 heavy (non-hydrogen) atoms. The molecule has 0 aliphatic carbocycles. The first-order valence-corrected chi connectivity index (χ1v) is 6.76. The van der Waals surface area contributed by atoms with Gasteiger partial charge in [0, 0.05) is 0 Å². The van der Waals surface area contributed by atoms with Crippen molar-refractivity contribution in [2.24, 2.45) is 0 Å². The Balaban J connectivity index is 0.00000289. The Kier molecular flexibility index (Phi) is 8.85. The van der Waals surface area contributed by atoms with Gasteiger partial charge in [0.1, 0.15) is 12.4 Å². The minimum atomic E-state index is -4.18. The van der Waals surface area contributed by atoms with Gasteiger partial charge in [-0.25, -0.2) is 8.42 Å².